The van der Waals surface area contributed by atoms with Gasteiger partial charge in [0, 0.05) is 18.3 Å². The fraction of sp³-hybridized carbons (Fsp3) is 0.375. The molecule has 1 atom stereocenters. The fourth-order valence-corrected chi connectivity index (χ4v) is 3.84. The van der Waals surface area contributed by atoms with Gasteiger partial charge in [0.15, 0.2) is 0 Å². The minimum atomic E-state index is -1.08. The van der Waals surface area contributed by atoms with Gasteiger partial charge in [-0.1, -0.05) is 44.5 Å². The number of carbonyl (C=O) groups is 1. The maximum absolute atomic E-state index is 11.9. The van der Waals surface area contributed by atoms with Crippen molar-refractivity contribution < 1.29 is 9.90 Å². The van der Waals surface area contributed by atoms with Crippen molar-refractivity contribution in [3.05, 3.63) is 70.6 Å². The molecule has 0 aliphatic carbocycles. The van der Waals surface area contributed by atoms with E-state index in [2.05, 4.69) is 24.5 Å². The van der Waals surface area contributed by atoms with Crippen molar-refractivity contribution in [2.45, 2.75) is 53.2 Å². The van der Waals surface area contributed by atoms with E-state index in [0.717, 1.165) is 39.5 Å². The van der Waals surface area contributed by atoms with Gasteiger partial charge in [-0.15, -0.1) is 0 Å². The Balaban J connectivity index is 2.03. The van der Waals surface area contributed by atoms with Gasteiger partial charge >= 0.3 is 0 Å². The van der Waals surface area contributed by atoms with Crippen molar-refractivity contribution in [1.29, 1.82) is 0 Å². The molecule has 2 aromatic rings. The zero-order chi connectivity index (χ0) is 20.5. The number of carbonyl (C=O) groups excluding carboxylic acids is 1. The average Bonchev–Trinajstić information content (AvgIpc) is 3.07. The normalized spacial score (nSPS) is 16.9. The Labute approximate surface area is 167 Å². The minimum absolute atomic E-state index is 0.00285. The Morgan fingerprint density at radius 3 is 2.68 bits per heavy atom. The van der Waals surface area contributed by atoms with E-state index in [9.17, 15) is 9.90 Å². The van der Waals surface area contributed by atoms with E-state index in [1.165, 1.54) is 5.57 Å². The number of rotatable bonds is 6. The molecule has 0 saturated carbocycles. The van der Waals surface area contributed by atoms with Crippen molar-refractivity contribution in [2.24, 2.45) is 5.92 Å². The lowest BCUT2D eigenvalue weighted by molar-refractivity contribution is 0.0272. The zero-order valence-corrected chi connectivity index (χ0v) is 17.4. The summed E-state index contributed by atoms with van der Waals surface area (Å²) in [6.07, 6.45) is 4.84. The van der Waals surface area contributed by atoms with Crippen LogP contribution in [0.5, 0.6) is 0 Å². The molecule has 3 rings (SSSR count). The lowest BCUT2D eigenvalue weighted by Crippen LogP contribution is -2.34. The van der Waals surface area contributed by atoms with Crippen molar-refractivity contribution in [2.75, 3.05) is 0 Å². The molecule has 2 aromatic carbocycles. The summed E-state index contributed by atoms with van der Waals surface area (Å²) in [5.41, 5.74) is 3.68. The Hall–Kier alpha value is -2.59. The van der Waals surface area contributed by atoms with Gasteiger partial charge in [0.25, 0.3) is 5.91 Å². The summed E-state index contributed by atoms with van der Waals surface area (Å²) in [5.74, 6) is -0.0168. The number of benzene rings is 2. The van der Waals surface area contributed by atoms with Gasteiger partial charge in [-0.3, -0.25) is 4.79 Å². The Morgan fingerprint density at radius 2 is 2.00 bits per heavy atom. The highest BCUT2D eigenvalue weighted by Gasteiger charge is 2.35. The smallest absolute Gasteiger partial charge is 0.251 e. The molecule has 0 aromatic heterocycles. The molecule has 4 nitrogen and oxygen atoms in total. The first-order valence-electron chi connectivity index (χ1n) is 9.94. The SMILES string of the molecule is CCC(C)=CN/C=C(\C)C(O)(c1ccc2c3c(ccc2c1)C(=O)NC3)C(C)C. The van der Waals surface area contributed by atoms with Crippen molar-refractivity contribution >= 4 is 16.7 Å². The molecule has 1 heterocycles. The van der Waals surface area contributed by atoms with Crippen LogP contribution in [0.2, 0.25) is 0 Å². The summed E-state index contributed by atoms with van der Waals surface area (Å²) < 4.78 is 0. The second kappa shape index (κ2) is 7.80. The van der Waals surface area contributed by atoms with Crippen LogP contribution < -0.4 is 10.6 Å². The van der Waals surface area contributed by atoms with E-state index in [-0.39, 0.29) is 11.8 Å². The molecule has 0 bridgehead atoms. The van der Waals surface area contributed by atoms with Gasteiger partial charge in [-0.05, 0) is 72.0 Å². The third-order valence-corrected chi connectivity index (χ3v) is 5.87. The summed E-state index contributed by atoms with van der Waals surface area (Å²) >= 11 is 0. The zero-order valence-electron chi connectivity index (χ0n) is 17.4. The van der Waals surface area contributed by atoms with Crippen molar-refractivity contribution in [3.63, 3.8) is 0 Å². The summed E-state index contributed by atoms with van der Waals surface area (Å²) in [4.78, 5) is 11.9. The number of hydrogen-bond donors (Lipinski definition) is 3. The number of fused-ring (bicyclic) bond motifs is 3. The van der Waals surface area contributed by atoms with E-state index in [4.69, 9.17) is 0 Å². The first kappa shape index (κ1) is 20.2. The summed E-state index contributed by atoms with van der Waals surface area (Å²) in [6, 6.07) is 9.90. The molecule has 28 heavy (non-hydrogen) atoms. The predicted octanol–water partition coefficient (Wildman–Crippen LogP) is 4.73. The van der Waals surface area contributed by atoms with Crippen LogP contribution >= 0.6 is 0 Å². The average molecular weight is 379 g/mol. The Bertz CT molecular complexity index is 972. The van der Waals surface area contributed by atoms with Gasteiger partial charge in [-0.2, -0.15) is 0 Å². The van der Waals surface area contributed by atoms with E-state index in [0.29, 0.717) is 6.54 Å². The summed E-state index contributed by atoms with van der Waals surface area (Å²) in [7, 11) is 0. The third kappa shape index (κ3) is 3.45. The third-order valence-electron chi connectivity index (χ3n) is 5.87. The Morgan fingerprint density at radius 1 is 1.25 bits per heavy atom. The van der Waals surface area contributed by atoms with Crippen LogP contribution in [-0.4, -0.2) is 11.0 Å². The van der Waals surface area contributed by atoms with Crippen LogP contribution in [-0.2, 0) is 12.1 Å². The molecule has 0 fully saturated rings. The predicted molar refractivity (Wildman–Crippen MR) is 115 cm³/mol. The number of allylic oxidation sites excluding steroid dienone is 1. The van der Waals surface area contributed by atoms with E-state index in [1.807, 2.05) is 63.5 Å². The maximum atomic E-state index is 11.9. The lowest BCUT2D eigenvalue weighted by Gasteiger charge is -2.34. The van der Waals surface area contributed by atoms with Crippen molar-refractivity contribution in [3.8, 4) is 0 Å². The van der Waals surface area contributed by atoms with Crippen LogP contribution in [0.3, 0.4) is 0 Å². The number of amides is 1. The number of nitrogens with one attached hydrogen (secondary N) is 2. The molecule has 1 amide bonds. The van der Waals surface area contributed by atoms with Gasteiger partial charge in [-0.25, -0.2) is 0 Å². The first-order chi connectivity index (χ1) is 13.3. The van der Waals surface area contributed by atoms with Crippen LogP contribution in [0.15, 0.2) is 53.9 Å². The second-order valence-electron chi connectivity index (χ2n) is 7.97. The first-order valence-corrected chi connectivity index (χ1v) is 9.94. The highest BCUT2D eigenvalue weighted by atomic mass is 16.3. The standard InChI is InChI=1S/C24H30N2O2/c1-6-16(4)12-25-13-17(5)24(28,15(2)3)19-8-10-20-18(11-19)7-9-21-22(20)14-26-23(21)27/h7-13,15,25,28H,6,14H2,1-5H3,(H,26,27)/b16-12?,17-13+. The van der Waals surface area contributed by atoms with Gasteiger partial charge in [0.2, 0.25) is 0 Å². The summed E-state index contributed by atoms with van der Waals surface area (Å²) in [6.45, 7) is 10.8. The molecule has 148 valence electrons. The molecule has 1 aliphatic rings. The lowest BCUT2D eigenvalue weighted by atomic mass is 9.77. The van der Waals surface area contributed by atoms with E-state index in [1.54, 1.807) is 0 Å². The highest BCUT2D eigenvalue weighted by Crippen LogP contribution is 2.38. The molecule has 3 N–H and O–H groups in total. The van der Waals surface area contributed by atoms with Gasteiger partial charge in [0.1, 0.15) is 5.60 Å². The largest absolute Gasteiger partial charge is 0.380 e. The number of hydrogen-bond acceptors (Lipinski definition) is 3. The molecule has 1 unspecified atom stereocenters. The molecule has 4 heteroatoms. The van der Waals surface area contributed by atoms with Crippen LogP contribution in [0.25, 0.3) is 10.8 Å². The van der Waals surface area contributed by atoms with Crippen LogP contribution in [0, 0.1) is 5.92 Å². The second-order valence-corrected chi connectivity index (χ2v) is 7.97. The van der Waals surface area contributed by atoms with Crippen molar-refractivity contribution in [1.82, 2.24) is 10.6 Å². The molecule has 1 aliphatic heterocycles. The van der Waals surface area contributed by atoms with Crippen LogP contribution in [0.1, 0.15) is 62.5 Å². The van der Waals surface area contributed by atoms with Gasteiger partial charge < -0.3 is 15.7 Å². The summed E-state index contributed by atoms with van der Waals surface area (Å²) in [5, 5.41) is 19.8. The quantitative estimate of drug-likeness (QED) is 0.681. The molecular formula is C24H30N2O2. The molecule has 0 spiro atoms. The fourth-order valence-electron chi connectivity index (χ4n) is 3.84. The maximum Gasteiger partial charge on any atom is 0.251 e. The van der Waals surface area contributed by atoms with E-state index >= 15 is 0 Å². The Kier molecular flexibility index (Phi) is 5.61. The van der Waals surface area contributed by atoms with Crippen LogP contribution in [0.4, 0.5) is 0 Å². The monoisotopic (exact) mass is 378 g/mol. The molecule has 0 radical (unpaired) electrons. The van der Waals surface area contributed by atoms with E-state index < -0.39 is 5.60 Å². The van der Waals surface area contributed by atoms with Gasteiger partial charge in [0.05, 0.1) is 0 Å². The number of aliphatic hydroxyl groups is 1. The molecular weight excluding hydrogens is 348 g/mol. The molecule has 0 saturated heterocycles. The highest BCUT2D eigenvalue weighted by molar-refractivity contribution is 6.04. The minimum Gasteiger partial charge on any atom is -0.380 e. The topological polar surface area (TPSA) is 61.4 Å².